The molecule has 0 spiro atoms. The molecule has 3 heteroatoms. The van der Waals surface area contributed by atoms with E-state index in [1.54, 1.807) is 0 Å². The van der Waals surface area contributed by atoms with Crippen LogP contribution in [0.1, 0.15) is 24.5 Å². The van der Waals surface area contributed by atoms with Crippen LogP contribution >= 0.6 is 0 Å². The Kier molecular flexibility index (Phi) is 4.61. The van der Waals surface area contributed by atoms with Gasteiger partial charge in [0.2, 0.25) is 0 Å². The molecule has 1 aliphatic heterocycles. The number of aryl methyl sites for hydroxylation is 1. The third kappa shape index (κ3) is 3.24. The van der Waals surface area contributed by atoms with Gasteiger partial charge in [-0.25, -0.2) is 0 Å². The van der Waals surface area contributed by atoms with E-state index in [1.165, 1.54) is 16.8 Å². The Labute approximate surface area is 110 Å². The molecule has 1 atom stereocenters. The summed E-state index contributed by atoms with van der Waals surface area (Å²) in [4.78, 5) is 2.45. The Bertz CT molecular complexity index is 392. The van der Waals surface area contributed by atoms with Crippen LogP contribution in [0.15, 0.2) is 18.2 Å². The van der Waals surface area contributed by atoms with Gasteiger partial charge in [-0.2, -0.15) is 0 Å². The maximum Gasteiger partial charge on any atom is 0.0721 e. The van der Waals surface area contributed by atoms with Crippen molar-refractivity contribution in [1.29, 1.82) is 0 Å². The standard InChI is InChI=1S/C15H24N2O/c1-12-9-14(10-16-3)5-6-15(12)17-7-4-8-18-13(2)11-17/h5-6,9,13,16H,4,7-8,10-11H2,1-3H3. The van der Waals surface area contributed by atoms with Gasteiger partial charge in [-0.1, -0.05) is 12.1 Å². The normalized spacial score (nSPS) is 20.8. The van der Waals surface area contributed by atoms with E-state index in [0.717, 1.165) is 32.7 Å². The van der Waals surface area contributed by atoms with Crippen molar-refractivity contribution in [2.24, 2.45) is 0 Å². The van der Waals surface area contributed by atoms with Crippen LogP contribution in [0.4, 0.5) is 5.69 Å². The van der Waals surface area contributed by atoms with Gasteiger partial charge in [0.15, 0.2) is 0 Å². The van der Waals surface area contributed by atoms with Crippen LogP contribution in [0.5, 0.6) is 0 Å². The zero-order chi connectivity index (χ0) is 13.0. The maximum absolute atomic E-state index is 5.71. The number of anilines is 1. The van der Waals surface area contributed by atoms with E-state index >= 15 is 0 Å². The van der Waals surface area contributed by atoms with Gasteiger partial charge in [-0.05, 0) is 44.5 Å². The highest BCUT2D eigenvalue weighted by Gasteiger charge is 2.16. The van der Waals surface area contributed by atoms with Crippen molar-refractivity contribution >= 4 is 5.69 Å². The minimum atomic E-state index is 0.323. The molecule has 0 aliphatic carbocycles. The lowest BCUT2D eigenvalue weighted by Gasteiger charge is -2.26. The lowest BCUT2D eigenvalue weighted by molar-refractivity contribution is 0.0821. The second kappa shape index (κ2) is 6.21. The van der Waals surface area contributed by atoms with Gasteiger partial charge in [0, 0.05) is 31.9 Å². The molecule has 3 nitrogen and oxygen atoms in total. The topological polar surface area (TPSA) is 24.5 Å². The Morgan fingerprint density at radius 2 is 2.28 bits per heavy atom. The number of nitrogens with one attached hydrogen (secondary N) is 1. The third-order valence-electron chi connectivity index (χ3n) is 3.44. The second-order valence-electron chi connectivity index (χ2n) is 5.13. The van der Waals surface area contributed by atoms with Crippen molar-refractivity contribution < 1.29 is 4.74 Å². The van der Waals surface area contributed by atoms with Crippen LogP contribution in [0.3, 0.4) is 0 Å². The number of rotatable bonds is 3. The quantitative estimate of drug-likeness (QED) is 0.888. The molecule has 1 aromatic carbocycles. The van der Waals surface area contributed by atoms with Crippen molar-refractivity contribution in [3.63, 3.8) is 0 Å². The smallest absolute Gasteiger partial charge is 0.0721 e. The monoisotopic (exact) mass is 248 g/mol. The third-order valence-corrected chi connectivity index (χ3v) is 3.44. The first-order valence-corrected chi connectivity index (χ1v) is 6.81. The largest absolute Gasteiger partial charge is 0.377 e. The average molecular weight is 248 g/mol. The molecule has 0 aromatic heterocycles. The summed E-state index contributed by atoms with van der Waals surface area (Å²) >= 11 is 0. The Morgan fingerprint density at radius 3 is 3.00 bits per heavy atom. The number of benzene rings is 1. The molecule has 100 valence electrons. The molecule has 1 aliphatic rings. The van der Waals surface area contributed by atoms with Crippen molar-refractivity contribution in [2.45, 2.75) is 32.9 Å². The predicted octanol–water partition coefficient (Wildman–Crippen LogP) is 2.33. The van der Waals surface area contributed by atoms with E-state index in [9.17, 15) is 0 Å². The highest BCUT2D eigenvalue weighted by Crippen LogP contribution is 2.23. The molecule has 18 heavy (non-hydrogen) atoms. The van der Waals surface area contributed by atoms with Crippen LogP contribution in [0.25, 0.3) is 0 Å². The van der Waals surface area contributed by atoms with Crippen LogP contribution in [0.2, 0.25) is 0 Å². The summed E-state index contributed by atoms with van der Waals surface area (Å²) in [7, 11) is 1.98. The Morgan fingerprint density at radius 1 is 1.44 bits per heavy atom. The van der Waals surface area contributed by atoms with Gasteiger partial charge in [0.1, 0.15) is 0 Å². The summed E-state index contributed by atoms with van der Waals surface area (Å²) in [6.07, 6.45) is 1.44. The molecule has 0 amide bonds. The minimum Gasteiger partial charge on any atom is -0.377 e. The molecule has 0 saturated carbocycles. The number of ether oxygens (including phenoxy) is 1. The first-order chi connectivity index (χ1) is 8.70. The molecule has 0 radical (unpaired) electrons. The number of hydrogen-bond acceptors (Lipinski definition) is 3. The van der Waals surface area contributed by atoms with Gasteiger partial charge in [-0.15, -0.1) is 0 Å². The van der Waals surface area contributed by atoms with Gasteiger partial charge >= 0.3 is 0 Å². The molecular formula is C15H24N2O. The van der Waals surface area contributed by atoms with Crippen molar-refractivity contribution in [3.05, 3.63) is 29.3 Å². The molecule has 1 saturated heterocycles. The highest BCUT2D eigenvalue weighted by atomic mass is 16.5. The molecule has 1 fully saturated rings. The van der Waals surface area contributed by atoms with E-state index in [2.05, 4.69) is 42.3 Å². The molecule has 2 rings (SSSR count). The highest BCUT2D eigenvalue weighted by molar-refractivity contribution is 5.54. The second-order valence-corrected chi connectivity index (χ2v) is 5.13. The van der Waals surface area contributed by atoms with E-state index in [1.807, 2.05) is 7.05 Å². The summed E-state index contributed by atoms with van der Waals surface area (Å²) in [5.41, 5.74) is 4.06. The summed E-state index contributed by atoms with van der Waals surface area (Å²) in [6, 6.07) is 6.75. The first kappa shape index (κ1) is 13.4. The predicted molar refractivity (Wildman–Crippen MR) is 76.2 cm³/mol. The van der Waals surface area contributed by atoms with Crippen molar-refractivity contribution in [1.82, 2.24) is 5.32 Å². The summed E-state index contributed by atoms with van der Waals surface area (Å²) in [5, 5.41) is 3.19. The van der Waals surface area contributed by atoms with E-state index in [4.69, 9.17) is 4.74 Å². The fourth-order valence-electron chi connectivity index (χ4n) is 2.60. The van der Waals surface area contributed by atoms with Crippen LogP contribution in [-0.2, 0) is 11.3 Å². The average Bonchev–Trinajstić information content (AvgIpc) is 2.54. The fraction of sp³-hybridized carbons (Fsp3) is 0.600. The molecule has 1 unspecified atom stereocenters. The van der Waals surface area contributed by atoms with Gasteiger partial charge < -0.3 is 15.0 Å². The molecule has 0 bridgehead atoms. The van der Waals surface area contributed by atoms with E-state index < -0.39 is 0 Å². The minimum absolute atomic E-state index is 0.323. The molecule has 1 aromatic rings. The lowest BCUT2D eigenvalue weighted by atomic mass is 10.1. The zero-order valence-corrected chi connectivity index (χ0v) is 11.7. The van der Waals surface area contributed by atoms with Crippen molar-refractivity contribution in [2.75, 3.05) is 31.6 Å². The molecule has 1 N–H and O–H groups in total. The van der Waals surface area contributed by atoms with Crippen molar-refractivity contribution in [3.8, 4) is 0 Å². The van der Waals surface area contributed by atoms with Crippen LogP contribution < -0.4 is 10.2 Å². The number of nitrogens with zero attached hydrogens (tertiary/aromatic N) is 1. The fourth-order valence-corrected chi connectivity index (χ4v) is 2.60. The van der Waals surface area contributed by atoms with E-state index in [0.29, 0.717) is 6.10 Å². The number of hydrogen-bond donors (Lipinski definition) is 1. The van der Waals surface area contributed by atoms with Gasteiger partial charge in [0.05, 0.1) is 6.10 Å². The maximum atomic E-state index is 5.71. The van der Waals surface area contributed by atoms with Crippen LogP contribution in [0, 0.1) is 6.92 Å². The summed E-state index contributed by atoms with van der Waals surface area (Å²) < 4.78 is 5.71. The van der Waals surface area contributed by atoms with E-state index in [-0.39, 0.29) is 0 Å². The Balaban J connectivity index is 2.16. The van der Waals surface area contributed by atoms with Gasteiger partial charge in [-0.3, -0.25) is 0 Å². The molecular weight excluding hydrogens is 224 g/mol. The van der Waals surface area contributed by atoms with Crippen LogP contribution in [-0.4, -0.2) is 32.8 Å². The SMILES string of the molecule is CNCc1ccc(N2CCCOC(C)C2)c(C)c1. The summed E-state index contributed by atoms with van der Waals surface area (Å²) in [6.45, 7) is 8.26. The lowest BCUT2D eigenvalue weighted by Crippen LogP contribution is -2.30. The zero-order valence-electron chi connectivity index (χ0n) is 11.7. The molecule has 1 heterocycles. The first-order valence-electron chi connectivity index (χ1n) is 6.81. The van der Waals surface area contributed by atoms with Gasteiger partial charge in [0.25, 0.3) is 0 Å². The Hall–Kier alpha value is -1.06. The summed E-state index contributed by atoms with van der Waals surface area (Å²) in [5.74, 6) is 0.